The van der Waals surface area contributed by atoms with Crippen molar-refractivity contribution in [3.8, 4) is 11.1 Å². The Morgan fingerprint density at radius 1 is 1.16 bits per heavy atom. The van der Waals surface area contributed by atoms with E-state index in [1.54, 1.807) is 29.2 Å². The summed E-state index contributed by atoms with van der Waals surface area (Å²) >= 11 is 0. The quantitative estimate of drug-likeness (QED) is 0.279. The molecule has 1 amide bonds. The number of fused-ring (bicyclic) bond motifs is 1. The van der Waals surface area contributed by atoms with Crippen LogP contribution in [0.1, 0.15) is 57.5 Å². The van der Waals surface area contributed by atoms with E-state index < -0.39 is 6.09 Å². The van der Waals surface area contributed by atoms with Crippen molar-refractivity contribution < 1.29 is 11.0 Å². The topological polar surface area (TPSA) is 137 Å². The van der Waals surface area contributed by atoms with Gasteiger partial charge in [0.25, 0.3) is 0 Å². The zero-order valence-electron chi connectivity index (χ0n) is 22.8. The van der Waals surface area contributed by atoms with Gasteiger partial charge in [0.05, 0.1) is 18.6 Å². The number of ether oxygens (including phenoxy) is 1. The first-order valence-corrected chi connectivity index (χ1v) is 12.8. The first kappa shape index (κ1) is 28.3. The molecule has 1 aromatic carbocycles. The molecule has 1 aliphatic rings. The Morgan fingerprint density at radius 2 is 1.92 bits per heavy atom. The summed E-state index contributed by atoms with van der Waals surface area (Å²) in [5, 5.41) is 4.43. The molecule has 0 aliphatic carbocycles. The number of amidine groups is 1. The third-order valence-electron chi connectivity index (χ3n) is 5.83. The Bertz CT molecular complexity index is 1440. The summed E-state index contributed by atoms with van der Waals surface area (Å²) in [5.74, 6) is 0.868. The van der Waals surface area contributed by atoms with Crippen molar-refractivity contribution in [2.24, 2.45) is 16.5 Å². The van der Waals surface area contributed by atoms with Gasteiger partial charge >= 0.3 is 6.09 Å². The number of amides is 1. The minimum Gasteiger partial charge on any atom is -0.446 e. The fourth-order valence-electron chi connectivity index (χ4n) is 4.13. The number of aryl methyl sites for hydroxylation is 2. The Kier molecular flexibility index (Phi) is 9.50. The van der Waals surface area contributed by atoms with Crippen molar-refractivity contribution in [2.75, 3.05) is 18.2 Å². The molecule has 4 heterocycles. The van der Waals surface area contributed by atoms with Crippen LogP contribution in [0.15, 0.2) is 60.0 Å². The molecule has 1 saturated heterocycles. The minimum absolute atomic E-state index is 0. The summed E-state index contributed by atoms with van der Waals surface area (Å²) in [6.07, 6.45) is 4.80. The van der Waals surface area contributed by atoms with Gasteiger partial charge in [-0.15, -0.1) is 0 Å². The molecule has 5 rings (SSSR count). The SMILES string of the molecule is CC.CC.Cc1ccnc([C@H]2COC(=O)N2c2ccn3ncc(-c4ccc(/C(N)=N/CN)c(C)c4)c3n2)c1.[HH]. The Labute approximate surface area is 224 Å². The summed E-state index contributed by atoms with van der Waals surface area (Å²) in [6, 6.07) is 11.1. The molecule has 4 aromatic rings. The van der Waals surface area contributed by atoms with E-state index in [0.717, 1.165) is 33.5 Å². The smallest absolute Gasteiger partial charge is 0.416 e. The summed E-state index contributed by atoms with van der Waals surface area (Å²) in [4.78, 5) is 27.5. The molecule has 0 spiro atoms. The number of carbonyl (C=O) groups is 1. The van der Waals surface area contributed by atoms with E-state index in [4.69, 9.17) is 21.2 Å². The van der Waals surface area contributed by atoms with Crippen LogP contribution in [0.3, 0.4) is 0 Å². The predicted octanol–water partition coefficient (Wildman–Crippen LogP) is 5.03. The molecular weight excluding hydrogens is 480 g/mol. The maximum absolute atomic E-state index is 12.7. The number of carbonyl (C=O) groups excluding carboxylic acids is 1. The molecule has 3 aromatic heterocycles. The Balaban J connectivity index is 0.00000102. The van der Waals surface area contributed by atoms with Gasteiger partial charge in [0, 0.05) is 24.9 Å². The minimum atomic E-state index is -0.457. The second kappa shape index (κ2) is 12.8. The van der Waals surface area contributed by atoms with Crippen molar-refractivity contribution in [3.05, 3.63) is 77.4 Å². The molecule has 10 heteroatoms. The Morgan fingerprint density at radius 3 is 2.61 bits per heavy atom. The lowest BCUT2D eigenvalue weighted by Gasteiger charge is -2.20. The van der Waals surface area contributed by atoms with Crippen LogP contribution in [-0.2, 0) is 4.74 Å². The van der Waals surface area contributed by atoms with E-state index in [1.165, 1.54) is 4.90 Å². The van der Waals surface area contributed by atoms with Crippen LogP contribution in [0.2, 0.25) is 0 Å². The number of nitrogens with two attached hydrogens (primary N) is 2. The number of aromatic nitrogens is 4. The largest absolute Gasteiger partial charge is 0.446 e. The molecule has 0 bridgehead atoms. The highest BCUT2D eigenvalue weighted by atomic mass is 16.6. The average Bonchev–Trinajstić information content (AvgIpc) is 3.54. The maximum Gasteiger partial charge on any atom is 0.416 e. The molecule has 1 aliphatic heterocycles. The van der Waals surface area contributed by atoms with Gasteiger partial charge in [0.2, 0.25) is 0 Å². The summed E-state index contributed by atoms with van der Waals surface area (Å²) in [6.45, 7) is 12.3. The molecule has 38 heavy (non-hydrogen) atoms. The van der Waals surface area contributed by atoms with Crippen LogP contribution in [-0.4, -0.2) is 44.8 Å². The fourth-order valence-corrected chi connectivity index (χ4v) is 4.13. The van der Waals surface area contributed by atoms with Crippen LogP contribution in [0.25, 0.3) is 16.8 Å². The van der Waals surface area contributed by atoms with Gasteiger partial charge in [-0.05, 0) is 48.7 Å². The van der Waals surface area contributed by atoms with Gasteiger partial charge in [-0.2, -0.15) is 5.10 Å². The lowest BCUT2D eigenvalue weighted by molar-refractivity contribution is 0.178. The number of anilines is 1. The number of cyclic esters (lactones) is 1. The Hall–Kier alpha value is -4.31. The van der Waals surface area contributed by atoms with Gasteiger partial charge in [0.1, 0.15) is 24.3 Å². The summed E-state index contributed by atoms with van der Waals surface area (Å²) < 4.78 is 7.03. The molecule has 10 nitrogen and oxygen atoms in total. The van der Waals surface area contributed by atoms with Crippen LogP contribution in [0.4, 0.5) is 10.6 Å². The van der Waals surface area contributed by atoms with E-state index in [0.29, 0.717) is 17.3 Å². The highest BCUT2D eigenvalue weighted by Gasteiger charge is 2.37. The van der Waals surface area contributed by atoms with Gasteiger partial charge in [-0.1, -0.05) is 45.9 Å². The standard InChI is InChI=1S/C24H24N8O2.2C2H6.H2/c1-14-5-7-27-19(9-14)20-12-34-24(33)32(20)21-6-8-31-23(30-21)18(11-29-31)16-3-4-17(15(2)10-16)22(26)28-13-25;2*1-2;/h3-11,20H,12-13,25H2,1-2H3,(H2,26,28);2*1-2H3;1H/t20-;;;/m1.../s1. The second-order valence-electron chi connectivity index (χ2n) is 8.09. The third kappa shape index (κ3) is 5.65. The molecular formula is C28H38N8O2. The van der Waals surface area contributed by atoms with Crippen molar-refractivity contribution in [1.82, 2.24) is 19.6 Å². The molecule has 0 radical (unpaired) electrons. The van der Waals surface area contributed by atoms with Crippen LogP contribution >= 0.6 is 0 Å². The van der Waals surface area contributed by atoms with E-state index >= 15 is 0 Å². The van der Waals surface area contributed by atoms with E-state index in [-0.39, 0.29) is 20.7 Å². The third-order valence-corrected chi connectivity index (χ3v) is 5.83. The number of aliphatic imine (C=N–C) groups is 1. The van der Waals surface area contributed by atoms with E-state index in [2.05, 4.69) is 15.1 Å². The lowest BCUT2D eigenvalue weighted by atomic mass is 10.0. The highest BCUT2D eigenvalue weighted by molar-refractivity contribution is 5.99. The van der Waals surface area contributed by atoms with Gasteiger partial charge in [-0.3, -0.25) is 9.98 Å². The van der Waals surface area contributed by atoms with Crippen molar-refractivity contribution in [3.63, 3.8) is 0 Å². The number of benzene rings is 1. The molecule has 0 unspecified atom stereocenters. The van der Waals surface area contributed by atoms with Gasteiger partial charge < -0.3 is 16.2 Å². The van der Waals surface area contributed by atoms with Crippen LogP contribution in [0.5, 0.6) is 0 Å². The zero-order valence-corrected chi connectivity index (χ0v) is 22.8. The fraction of sp³-hybridized carbons (Fsp3) is 0.321. The van der Waals surface area contributed by atoms with Crippen molar-refractivity contribution in [1.29, 1.82) is 0 Å². The monoisotopic (exact) mass is 518 g/mol. The molecule has 1 fully saturated rings. The van der Waals surface area contributed by atoms with Crippen molar-refractivity contribution in [2.45, 2.75) is 47.6 Å². The normalized spacial score (nSPS) is 14.9. The lowest BCUT2D eigenvalue weighted by Crippen LogP contribution is -2.28. The zero-order chi connectivity index (χ0) is 27.8. The average molecular weight is 519 g/mol. The molecule has 202 valence electrons. The van der Waals surface area contributed by atoms with E-state index in [1.807, 2.05) is 71.9 Å². The van der Waals surface area contributed by atoms with Gasteiger partial charge in [0.15, 0.2) is 5.65 Å². The highest BCUT2D eigenvalue weighted by Crippen LogP contribution is 2.33. The van der Waals surface area contributed by atoms with Crippen molar-refractivity contribution >= 4 is 23.4 Å². The molecule has 0 saturated carbocycles. The van der Waals surface area contributed by atoms with E-state index in [9.17, 15) is 4.79 Å². The second-order valence-corrected chi connectivity index (χ2v) is 8.09. The molecule has 4 N–H and O–H groups in total. The molecule has 1 atom stereocenters. The van der Waals surface area contributed by atoms with Crippen LogP contribution < -0.4 is 16.4 Å². The van der Waals surface area contributed by atoms with Crippen LogP contribution in [0, 0.1) is 13.8 Å². The summed E-state index contributed by atoms with van der Waals surface area (Å²) in [7, 11) is 0. The maximum atomic E-state index is 12.7. The number of nitrogens with zero attached hydrogens (tertiary/aromatic N) is 6. The summed E-state index contributed by atoms with van der Waals surface area (Å²) in [5.41, 5.74) is 17.5. The number of hydrogen-bond donors (Lipinski definition) is 2. The van der Waals surface area contributed by atoms with Gasteiger partial charge in [-0.25, -0.2) is 19.2 Å². The predicted molar refractivity (Wildman–Crippen MR) is 153 cm³/mol. The first-order valence-electron chi connectivity index (χ1n) is 12.8. The number of hydrogen-bond acceptors (Lipinski definition) is 7. The first-order chi connectivity index (χ1) is 18.5. The number of rotatable bonds is 5. The number of pyridine rings is 1.